The summed E-state index contributed by atoms with van der Waals surface area (Å²) < 4.78 is 5.54. The van der Waals surface area contributed by atoms with Gasteiger partial charge in [0.1, 0.15) is 0 Å². The summed E-state index contributed by atoms with van der Waals surface area (Å²) >= 11 is 0. The third-order valence-corrected chi connectivity index (χ3v) is 2.90. The van der Waals surface area contributed by atoms with E-state index < -0.39 is 0 Å². The van der Waals surface area contributed by atoms with Gasteiger partial charge in [0.2, 0.25) is 0 Å². The predicted molar refractivity (Wildman–Crippen MR) is 55.9 cm³/mol. The van der Waals surface area contributed by atoms with Gasteiger partial charge in [-0.3, -0.25) is 0 Å². The van der Waals surface area contributed by atoms with E-state index in [4.69, 9.17) is 4.74 Å². The minimum atomic E-state index is 0.173. The lowest BCUT2D eigenvalue weighted by atomic mass is 9.95. The Kier molecular flexibility index (Phi) is 3.51. The SMILES string of the molecule is CC(C)=CCNC1(C)CCOC1C. The fourth-order valence-electron chi connectivity index (χ4n) is 1.56. The van der Waals surface area contributed by atoms with Crippen LogP contribution in [0.2, 0.25) is 0 Å². The predicted octanol–water partition coefficient (Wildman–Crippen LogP) is 2.11. The molecule has 13 heavy (non-hydrogen) atoms. The average Bonchev–Trinajstić information content (AvgIpc) is 2.32. The van der Waals surface area contributed by atoms with E-state index >= 15 is 0 Å². The van der Waals surface area contributed by atoms with Crippen molar-refractivity contribution in [2.45, 2.75) is 45.8 Å². The Labute approximate surface area is 81.4 Å². The van der Waals surface area contributed by atoms with E-state index in [1.54, 1.807) is 0 Å². The van der Waals surface area contributed by atoms with Crippen LogP contribution in [0.3, 0.4) is 0 Å². The summed E-state index contributed by atoms with van der Waals surface area (Å²) in [5.74, 6) is 0. The third-order valence-electron chi connectivity index (χ3n) is 2.90. The van der Waals surface area contributed by atoms with Gasteiger partial charge >= 0.3 is 0 Å². The largest absolute Gasteiger partial charge is 0.377 e. The fourth-order valence-corrected chi connectivity index (χ4v) is 1.56. The molecule has 2 nitrogen and oxygen atoms in total. The topological polar surface area (TPSA) is 21.3 Å². The van der Waals surface area contributed by atoms with Crippen molar-refractivity contribution < 1.29 is 4.74 Å². The molecule has 2 atom stereocenters. The molecule has 1 N–H and O–H groups in total. The molecule has 0 aromatic heterocycles. The first kappa shape index (κ1) is 10.7. The first-order valence-electron chi connectivity index (χ1n) is 5.04. The van der Waals surface area contributed by atoms with Crippen LogP contribution in [-0.4, -0.2) is 24.8 Å². The van der Waals surface area contributed by atoms with Crippen molar-refractivity contribution in [3.05, 3.63) is 11.6 Å². The van der Waals surface area contributed by atoms with Crippen molar-refractivity contribution in [1.29, 1.82) is 0 Å². The standard InChI is InChI=1S/C11H21NO/c1-9(2)5-7-12-11(4)6-8-13-10(11)3/h5,10,12H,6-8H2,1-4H3. The van der Waals surface area contributed by atoms with Crippen LogP contribution in [0, 0.1) is 0 Å². The van der Waals surface area contributed by atoms with Crippen LogP contribution < -0.4 is 5.32 Å². The number of rotatable bonds is 3. The van der Waals surface area contributed by atoms with E-state index in [2.05, 4.69) is 39.1 Å². The van der Waals surface area contributed by atoms with Crippen LogP contribution in [0.25, 0.3) is 0 Å². The maximum atomic E-state index is 5.54. The normalized spacial score (nSPS) is 33.4. The lowest BCUT2D eigenvalue weighted by Crippen LogP contribution is -2.47. The molecule has 0 aromatic rings. The highest BCUT2D eigenvalue weighted by atomic mass is 16.5. The summed E-state index contributed by atoms with van der Waals surface area (Å²) in [4.78, 5) is 0. The van der Waals surface area contributed by atoms with Gasteiger partial charge in [0.25, 0.3) is 0 Å². The molecule has 1 aliphatic heterocycles. The van der Waals surface area contributed by atoms with Crippen LogP contribution >= 0.6 is 0 Å². The van der Waals surface area contributed by atoms with Gasteiger partial charge in [-0.2, -0.15) is 0 Å². The molecule has 1 saturated heterocycles. The fraction of sp³-hybridized carbons (Fsp3) is 0.818. The van der Waals surface area contributed by atoms with Crippen molar-refractivity contribution in [1.82, 2.24) is 5.32 Å². The molecule has 0 radical (unpaired) electrons. The number of hydrogen-bond acceptors (Lipinski definition) is 2. The van der Waals surface area contributed by atoms with Crippen LogP contribution in [-0.2, 0) is 4.74 Å². The van der Waals surface area contributed by atoms with Gasteiger partial charge in [0.05, 0.1) is 6.10 Å². The molecule has 0 spiro atoms. The van der Waals surface area contributed by atoms with Crippen LogP contribution in [0.15, 0.2) is 11.6 Å². The summed E-state index contributed by atoms with van der Waals surface area (Å²) in [6.07, 6.45) is 3.67. The third kappa shape index (κ3) is 2.82. The number of nitrogens with one attached hydrogen (secondary N) is 1. The second-order valence-electron chi connectivity index (χ2n) is 4.34. The Bertz CT molecular complexity index is 196. The van der Waals surface area contributed by atoms with Gasteiger partial charge in [-0.05, 0) is 34.1 Å². The van der Waals surface area contributed by atoms with E-state index in [1.165, 1.54) is 5.57 Å². The van der Waals surface area contributed by atoms with Gasteiger partial charge in [0, 0.05) is 18.7 Å². The minimum Gasteiger partial charge on any atom is -0.377 e. The molecular weight excluding hydrogens is 162 g/mol. The van der Waals surface area contributed by atoms with Gasteiger partial charge < -0.3 is 10.1 Å². The average molecular weight is 183 g/mol. The maximum Gasteiger partial charge on any atom is 0.0726 e. The zero-order chi connectivity index (χ0) is 9.90. The summed E-state index contributed by atoms with van der Waals surface area (Å²) in [7, 11) is 0. The molecule has 0 aromatic carbocycles. The monoisotopic (exact) mass is 183 g/mol. The van der Waals surface area contributed by atoms with Gasteiger partial charge in [-0.25, -0.2) is 0 Å². The van der Waals surface area contributed by atoms with E-state index in [0.717, 1.165) is 19.6 Å². The highest BCUT2D eigenvalue weighted by Crippen LogP contribution is 2.24. The zero-order valence-electron chi connectivity index (χ0n) is 9.18. The molecule has 0 aliphatic carbocycles. The Morgan fingerprint density at radius 2 is 2.31 bits per heavy atom. The number of hydrogen-bond donors (Lipinski definition) is 1. The van der Waals surface area contributed by atoms with Crippen LogP contribution in [0.5, 0.6) is 0 Å². The highest BCUT2D eigenvalue weighted by Gasteiger charge is 2.35. The van der Waals surface area contributed by atoms with Crippen LogP contribution in [0.4, 0.5) is 0 Å². The molecule has 76 valence electrons. The van der Waals surface area contributed by atoms with E-state index in [-0.39, 0.29) is 5.54 Å². The van der Waals surface area contributed by atoms with Crippen molar-refractivity contribution in [2.75, 3.05) is 13.2 Å². The Morgan fingerprint density at radius 1 is 1.62 bits per heavy atom. The molecule has 1 aliphatic rings. The Balaban J connectivity index is 2.39. The van der Waals surface area contributed by atoms with Gasteiger partial charge in [-0.15, -0.1) is 0 Å². The molecule has 2 heteroatoms. The van der Waals surface area contributed by atoms with E-state index in [1.807, 2.05) is 0 Å². The zero-order valence-corrected chi connectivity index (χ0v) is 9.18. The first-order chi connectivity index (χ1) is 6.04. The van der Waals surface area contributed by atoms with Crippen molar-refractivity contribution >= 4 is 0 Å². The molecular formula is C11H21NO. The van der Waals surface area contributed by atoms with Crippen molar-refractivity contribution in [2.24, 2.45) is 0 Å². The van der Waals surface area contributed by atoms with Crippen LogP contribution in [0.1, 0.15) is 34.1 Å². The molecule has 0 amide bonds. The summed E-state index contributed by atoms with van der Waals surface area (Å²) in [6.45, 7) is 10.5. The number of ether oxygens (including phenoxy) is 1. The molecule has 1 rings (SSSR count). The summed E-state index contributed by atoms with van der Waals surface area (Å²) in [5.41, 5.74) is 1.54. The summed E-state index contributed by atoms with van der Waals surface area (Å²) in [5, 5.41) is 3.54. The van der Waals surface area contributed by atoms with Crippen molar-refractivity contribution in [3.63, 3.8) is 0 Å². The highest BCUT2D eigenvalue weighted by molar-refractivity contribution is 4.99. The summed E-state index contributed by atoms with van der Waals surface area (Å²) in [6, 6.07) is 0. The maximum absolute atomic E-state index is 5.54. The van der Waals surface area contributed by atoms with E-state index in [9.17, 15) is 0 Å². The smallest absolute Gasteiger partial charge is 0.0726 e. The van der Waals surface area contributed by atoms with E-state index in [0.29, 0.717) is 6.10 Å². The lowest BCUT2D eigenvalue weighted by Gasteiger charge is -2.28. The second kappa shape index (κ2) is 4.25. The molecule has 0 saturated carbocycles. The quantitative estimate of drug-likeness (QED) is 0.677. The van der Waals surface area contributed by atoms with Gasteiger partial charge in [0.15, 0.2) is 0 Å². The molecule has 0 bridgehead atoms. The van der Waals surface area contributed by atoms with Crippen molar-refractivity contribution in [3.8, 4) is 0 Å². The lowest BCUT2D eigenvalue weighted by molar-refractivity contribution is 0.0900. The molecule has 1 heterocycles. The molecule has 2 unspecified atom stereocenters. The van der Waals surface area contributed by atoms with Gasteiger partial charge in [-0.1, -0.05) is 11.6 Å². The second-order valence-corrected chi connectivity index (χ2v) is 4.34. The number of allylic oxidation sites excluding steroid dienone is 1. The Morgan fingerprint density at radius 3 is 2.77 bits per heavy atom. The molecule has 1 fully saturated rings. The minimum absolute atomic E-state index is 0.173. The Hall–Kier alpha value is -0.340. The first-order valence-corrected chi connectivity index (χ1v) is 5.04.